The van der Waals surface area contributed by atoms with Crippen LogP contribution in [0.15, 0.2) is 0 Å². The van der Waals surface area contributed by atoms with Gasteiger partial charge in [0.2, 0.25) is 0 Å². The van der Waals surface area contributed by atoms with Crippen LogP contribution in [0, 0.1) is 118 Å². The number of hydrogen-bond acceptors (Lipinski definition) is 14. The lowest BCUT2D eigenvalue weighted by atomic mass is 9.82. The van der Waals surface area contributed by atoms with Crippen molar-refractivity contribution in [3.05, 3.63) is 0 Å². The first-order valence-corrected chi connectivity index (χ1v) is 41.9. The van der Waals surface area contributed by atoms with E-state index >= 15 is 0 Å². The highest BCUT2D eigenvalue weighted by atomic mass is 16.3. The van der Waals surface area contributed by atoms with Crippen LogP contribution in [0.5, 0.6) is 0 Å². The Morgan fingerprint density at radius 1 is 0.298 bits per heavy atom. The van der Waals surface area contributed by atoms with Gasteiger partial charge in [-0.2, -0.15) is 0 Å². The predicted molar refractivity (Wildman–Crippen MR) is 463 cm³/mol. The molecule has 0 aliphatic rings. The van der Waals surface area contributed by atoms with Crippen LogP contribution < -0.4 is 0 Å². The predicted octanol–water partition coefficient (Wildman–Crippen LogP) is 21.3. The molecule has 14 N–H and O–H groups in total. The van der Waals surface area contributed by atoms with Gasteiger partial charge in [-0.1, -0.05) is 262 Å². The minimum absolute atomic E-state index is 0.0972. The average molecular weight is 1510 g/mol. The van der Waals surface area contributed by atoms with Crippen molar-refractivity contribution < 1.29 is 71.5 Å². The number of aliphatic hydroxyl groups excluding tert-OH is 12. The molecule has 0 heterocycles. The fourth-order valence-electron chi connectivity index (χ4n) is 6.86. The first-order chi connectivity index (χ1) is 46.9. The van der Waals surface area contributed by atoms with Crippen LogP contribution in [-0.4, -0.2) is 160 Å². The lowest BCUT2D eigenvalue weighted by Gasteiger charge is -2.25. The van der Waals surface area contributed by atoms with Crippen LogP contribution in [0.1, 0.15) is 381 Å². The van der Waals surface area contributed by atoms with Gasteiger partial charge in [-0.25, -0.2) is 0 Å². The first kappa shape index (κ1) is 136. The fourth-order valence-corrected chi connectivity index (χ4v) is 6.86. The Morgan fingerprint density at radius 2 is 0.654 bits per heavy atom. The summed E-state index contributed by atoms with van der Waals surface area (Å²) in [5.41, 5.74) is -0.881. The molecule has 0 spiro atoms. The second-order valence-corrected chi connectivity index (χ2v) is 37.1. The van der Waals surface area contributed by atoms with Crippen LogP contribution in [0.3, 0.4) is 0 Å². The summed E-state index contributed by atoms with van der Waals surface area (Å²) < 4.78 is 0. The summed E-state index contributed by atoms with van der Waals surface area (Å²) in [6, 6.07) is 0. The summed E-state index contributed by atoms with van der Waals surface area (Å²) in [6.07, 6.45) is 12.9. The van der Waals surface area contributed by atoms with E-state index in [4.69, 9.17) is 66.4 Å². The van der Waals surface area contributed by atoms with Crippen molar-refractivity contribution in [3.63, 3.8) is 0 Å². The van der Waals surface area contributed by atoms with Crippen LogP contribution in [0.2, 0.25) is 0 Å². The molecule has 0 bridgehead atoms. The highest BCUT2D eigenvalue weighted by Crippen LogP contribution is 2.24. The number of unbranched alkanes of at least 4 members (excludes halogenated alkanes) is 1. The molecular weight excluding hydrogens is 1300 g/mol. The smallest absolute Gasteiger partial charge is 0.0614 e. The van der Waals surface area contributed by atoms with Crippen molar-refractivity contribution in [2.45, 2.75) is 417 Å². The first-order valence-electron chi connectivity index (χ1n) is 41.9. The number of rotatable bonds is 33. The molecule has 104 heavy (non-hydrogen) atoms. The fraction of sp³-hybridized carbons (Fsp3) is 1.00. The van der Waals surface area contributed by atoms with Crippen molar-refractivity contribution in [2.75, 3.05) is 52.9 Å². The molecule has 0 aliphatic carbocycles. The molecule has 9 atom stereocenters. The third-order valence-electron chi connectivity index (χ3n) is 17.9. The van der Waals surface area contributed by atoms with E-state index in [2.05, 4.69) is 208 Å². The van der Waals surface area contributed by atoms with E-state index in [9.17, 15) is 5.11 Å². The molecule has 0 radical (unpaired) electrons. The van der Waals surface area contributed by atoms with E-state index in [0.29, 0.717) is 135 Å². The van der Waals surface area contributed by atoms with Gasteiger partial charge in [-0.05, 0) is 237 Å². The van der Waals surface area contributed by atoms with Crippen molar-refractivity contribution in [2.24, 2.45) is 118 Å². The highest BCUT2D eigenvalue weighted by molar-refractivity contribution is 4.70. The molecule has 0 saturated heterocycles. The summed E-state index contributed by atoms with van der Waals surface area (Å²) >= 11 is 0. The lowest BCUT2D eigenvalue weighted by molar-refractivity contribution is 0.0327. The molecule has 652 valence electrons. The van der Waals surface area contributed by atoms with Crippen LogP contribution in [0.25, 0.3) is 0 Å². The summed E-state index contributed by atoms with van der Waals surface area (Å²) in [6.45, 7) is 91.2. The molecule has 14 heteroatoms. The summed E-state index contributed by atoms with van der Waals surface area (Å²) in [7, 11) is 0. The minimum atomic E-state index is -0.500. The Hall–Kier alpha value is -0.560. The molecular formula is C90H208O14. The standard InChI is InChI=1S/8C7H16O.4C6H14O.2C5H12O/c1-6(2)7(3,4)5-8;1-6(2)5-7(3,4)8;1-6(2)4-7(3)5-8;1-6(2)7(3)4-5-8;1-6(2)4-5-7(3)8;1-5(2)6(3)7(4)8;1-7(2)5-3-4-6-8;1-4-7(5-8)6(2)3;1-5(2)6(3,4)7;1-5(2)6(3)4-7;1-5(2)4-6(3)7;1-6(2)4-3-5-7;1-5(2)3-4-6;1-4(2)5(3)6/h2*6,8H,5H2,1-4H3;3*6-8H,4-5H2,1-3H3;5-8H,1-4H3;7-8H,3-6H2,1-2H3;6-8H,4-5H2,1-3H3;5,7H,1-4H3;2*5-7H,4H2,1-3H3;6-7H,3-5H2,1-2H3;5-6H,3-4H2,1-2H3;4-6H,1-3H3. The quantitative estimate of drug-likeness (QED) is 0.0272. The Kier molecular flexibility index (Phi) is 119. The zero-order valence-corrected chi connectivity index (χ0v) is 78.9. The van der Waals surface area contributed by atoms with Crippen molar-refractivity contribution in [1.82, 2.24) is 0 Å². The number of aliphatic hydroxyl groups is 14. The topological polar surface area (TPSA) is 283 Å². The van der Waals surface area contributed by atoms with Crippen LogP contribution in [0.4, 0.5) is 0 Å². The van der Waals surface area contributed by atoms with Crippen molar-refractivity contribution >= 4 is 0 Å². The third kappa shape index (κ3) is 162. The molecule has 0 amide bonds. The largest absolute Gasteiger partial charge is 0.396 e. The van der Waals surface area contributed by atoms with E-state index in [0.717, 1.165) is 94.3 Å². The molecule has 14 nitrogen and oxygen atoms in total. The monoisotopic (exact) mass is 1510 g/mol. The van der Waals surface area contributed by atoms with Crippen LogP contribution >= 0.6 is 0 Å². The van der Waals surface area contributed by atoms with Gasteiger partial charge in [0.25, 0.3) is 0 Å². The Balaban J connectivity index is -0.0000000700. The van der Waals surface area contributed by atoms with Gasteiger partial charge in [0.05, 0.1) is 35.6 Å². The van der Waals surface area contributed by atoms with E-state index in [1.54, 1.807) is 6.92 Å². The molecule has 0 aromatic heterocycles. The summed E-state index contributed by atoms with van der Waals surface area (Å²) in [5.74, 6) is 11.3. The summed E-state index contributed by atoms with van der Waals surface area (Å²) in [5, 5.41) is 121. The SMILES string of the molecule is CC(C)C(C)(C)CO.CC(C)C(C)(C)O.CC(C)C(C)C(C)O.CC(C)C(C)CCO.CC(C)C(C)CO.CC(C)C(C)O.CC(C)CC(C)(C)O.CC(C)CC(C)CO.CC(C)CC(C)O.CC(C)CCC(C)O.CC(C)CCCCO.CC(C)CCCO.CC(C)CCO.CCC(CO)C(C)C. The Labute approximate surface area is 655 Å². The average Bonchev–Trinajstić information content (AvgIpc) is 0.930. The zero-order chi connectivity index (χ0) is 86.6. The van der Waals surface area contributed by atoms with E-state index in [-0.39, 0.29) is 36.4 Å². The molecule has 0 saturated carbocycles. The molecule has 0 rings (SSSR count). The highest BCUT2D eigenvalue weighted by Gasteiger charge is 2.20. The normalized spacial score (nSPS) is 13.8. The van der Waals surface area contributed by atoms with Crippen molar-refractivity contribution in [3.8, 4) is 0 Å². The van der Waals surface area contributed by atoms with E-state index in [1.807, 2.05) is 83.1 Å². The summed E-state index contributed by atoms with van der Waals surface area (Å²) in [4.78, 5) is 0. The van der Waals surface area contributed by atoms with Gasteiger partial charge in [0.1, 0.15) is 0 Å². The lowest BCUT2D eigenvalue weighted by Crippen LogP contribution is -2.25. The van der Waals surface area contributed by atoms with Gasteiger partial charge in [0, 0.05) is 52.9 Å². The molecule has 0 aromatic carbocycles. The minimum Gasteiger partial charge on any atom is -0.396 e. The Morgan fingerprint density at radius 3 is 0.721 bits per heavy atom. The van der Waals surface area contributed by atoms with E-state index in [1.165, 1.54) is 12.8 Å². The van der Waals surface area contributed by atoms with Gasteiger partial charge in [-0.3, -0.25) is 0 Å². The Bertz CT molecular complexity index is 1420. The van der Waals surface area contributed by atoms with Gasteiger partial charge in [0.15, 0.2) is 0 Å². The second-order valence-electron chi connectivity index (χ2n) is 37.1. The zero-order valence-electron chi connectivity index (χ0n) is 78.9. The number of hydrogen-bond donors (Lipinski definition) is 14. The third-order valence-corrected chi connectivity index (χ3v) is 17.9. The van der Waals surface area contributed by atoms with E-state index < -0.39 is 11.2 Å². The maximum absolute atomic E-state index is 9.19. The van der Waals surface area contributed by atoms with Crippen molar-refractivity contribution in [1.29, 1.82) is 0 Å². The molecule has 0 fully saturated rings. The van der Waals surface area contributed by atoms with Gasteiger partial charge in [-0.15, -0.1) is 0 Å². The maximum atomic E-state index is 9.19. The van der Waals surface area contributed by atoms with Gasteiger partial charge < -0.3 is 71.5 Å². The molecule has 9 unspecified atom stereocenters. The second kappa shape index (κ2) is 91.3. The van der Waals surface area contributed by atoms with Gasteiger partial charge >= 0.3 is 0 Å². The molecule has 0 aliphatic heterocycles. The maximum Gasteiger partial charge on any atom is 0.0614 e. The van der Waals surface area contributed by atoms with Crippen LogP contribution in [-0.2, 0) is 0 Å². The molecule has 0 aromatic rings.